The predicted molar refractivity (Wildman–Crippen MR) is 117 cm³/mol. The Kier molecular flexibility index (Phi) is 5.23. The topological polar surface area (TPSA) is 88.5 Å². The number of nitrogens with zero attached hydrogens (tertiary/aromatic N) is 4. The number of para-hydroxylation sites is 1. The van der Waals surface area contributed by atoms with Gasteiger partial charge >= 0.3 is 0 Å². The zero-order chi connectivity index (χ0) is 20.3. The Morgan fingerprint density at radius 3 is 2.83 bits per heavy atom. The molecule has 1 amide bonds. The van der Waals surface area contributed by atoms with Crippen LogP contribution in [0.25, 0.3) is 22.3 Å². The van der Waals surface area contributed by atoms with Crippen LogP contribution in [-0.2, 0) is 11.2 Å². The van der Waals surface area contributed by atoms with E-state index >= 15 is 0 Å². The molecule has 1 fully saturated rings. The zero-order valence-corrected chi connectivity index (χ0v) is 17.2. The number of benzene rings is 1. The Bertz CT molecular complexity index is 1160. The molecule has 1 saturated carbocycles. The summed E-state index contributed by atoms with van der Waals surface area (Å²) in [6, 6.07) is 12.5. The first kappa shape index (κ1) is 18.9. The van der Waals surface area contributed by atoms with Gasteiger partial charge in [0.2, 0.25) is 5.91 Å². The van der Waals surface area contributed by atoms with Gasteiger partial charge < -0.3 is 10.3 Å². The van der Waals surface area contributed by atoms with Crippen LogP contribution >= 0.6 is 11.8 Å². The van der Waals surface area contributed by atoms with Gasteiger partial charge in [0.1, 0.15) is 0 Å². The van der Waals surface area contributed by atoms with Crippen molar-refractivity contribution in [3.8, 4) is 11.4 Å². The van der Waals surface area contributed by atoms with E-state index in [-0.39, 0.29) is 5.91 Å². The van der Waals surface area contributed by atoms with E-state index in [1.165, 1.54) is 22.7 Å². The molecule has 0 unspecified atom stereocenters. The monoisotopic (exact) mass is 418 g/mol. The maximum atomic E-state index is 12.4. The van der Waals surface area contributed by atoms with Gasteiger partial charge in [0, 0.05) is 47.6 Å². The lowest BCUT2D eigenvalue weighted by Gasteiger charge is -2.09. The van der Waals surface area contributed by atoms with E-state index in [9.17, 15) is 4.79 Å². The number of amides is 1. The third-order valence-electron chi connectivity index (χ3n) is 5.24. The number of nitrogens with one attached hydrogen (secondary N) is 2. The highest BCUT2D eigenvalue weighted by molar-refractivity contribution is 7.99. The van der Waals surface area contributed by atoms with Crippen LogP contribution in [0.4, 0.5) is 0 Å². The number of fused-ring (bicyclic) bond motifs is 1. The Morgan fingerprint density at radius 2 is 2.00 bits per heavy atom. The highest BCUT2D eigenvalue weighted by Gasteiger charge is 2.30. The van der Waals surface area contributed by atoms with Crippen LogP contribution in [0.3, 0.4) is 0 Å². The second kappa shape index (κ2) is 8.31. The summed E-state index contributed by atoms with van der Waals surface area (Å²) in [4.78, 5) is 19.7. The number of aromatic nitrogens is 5. The summed E-state index contributed by atoms with van der Waals surface area (Å²) in [5.74, 6) is 1.19. The molecule has 8 heteroatoms. The number of H-pyrrole nitrogens is 1. The zero-order valence-electron chi connectivity index (χ0n) is 16.4. The molecule has 0 bridgehead atoms. The van der Waals surface area contributed by atoms with Crippen molar-refractivity contribution < 1.29 is 4.79 Å². The lowest BCUT2D eigenvalue weighted by molar-refractivity contribution is -0.118. The molecule has 1 aliphatic rings. The van der Waals surface area contributed by atoms with Crippen molar-refractivity contribution in [2.45, 2.75) is 30.5 Å². The molecular formula is C22H22N6OS. The predicted octanol–water partition coefficient (Wildman–Crippen LogP) is 3.61. The summed E-state index contributed by atoms with van der Waals surface area (Å²) >= 11 is 1.44. The Hall–Kier alpha value is -3.13. The third-order valence-corrected chi connectivity index (χ3v) is 6.18. The van der Waals surface area contributed by atoms with Gasteiger partial charge in [0.25, 0.3) is 0 Å². The average Bonchev–Trinajstić information content (AvgIpc) is 3.40. The highest BCUT2D eigenvalue weighted by Crippen LogP contribution is 2.40. The van der Waals surface area contributed by atoms with Gasteiger partial charge in [-0.2, -0.15) is 0 Å². The van der Waals surface area contributed by atoms with Crippen molar-refractivity contribution in [2.24, 2.45) is 0 Å². The summed E-state index contributed by atoms with van der Waals surface area (Å²) in [5.41, 5.74) is 3.34. The minimum atomic E-state index is 0.00986. The summed E-state index contributed by atoms with van der Waals surface area (Å²) in [6.45, 7) is 0.610. The van der Waals surface area contributed by atoms with E-state index in [1.807, 2.05) is 30.5 Å². The average molecular weight is 419 g/mol. The molecule has 3 heterocycles. The van der Waals surface area contributed by atoms with Crippen LogP contribution in [0.2, 0.25) is 0 Å². The van der Waals surface area contributed by atoms with Crippen molar-refractivity contribution in [1.82, 2.24) is 30.0 Å². The van der Waals surface area contributed by atoms with Crippen LogP contribution < -0.4 is 5.32 Å². The fourth-order valence-electron chi connectivity index (χ4n) is 3.59. The molecule has 7 nitrogen and oxygen atoms in total. The number of pyridine rings is 1. The first-order valence-electron chi connectivity index (χ1n) is 10.1. The molecule has 3 aromatic heterocycles. The molecule has 2 N–H and O–H groups in total. The Balaban J connectivity index is 1.18. The summed E-state index contributed by atoms with van der Waals surface area (Å²) in [5, 5.41) is 13.8. The third kappa shape index (κ3) is 3.95. The second-order valence-electron chi connectivity index (χ2n) is 7.39. The largest absolute Gasteiger partial charge is 0.361 e. The van der Waals surface area contributed by atoms with Gasteiger partial charge in [-0.05, 0) is 43.0 Å². The molecule has 4 aromatic rings. The molecule has 0 spiro atoms. The van der Waals surface area contributed by atoms with Gasteiger partial charge in [-0.15, -0.1) is 10.2 Å². The van der Waals surface area contributed by atoms with E-state index in [0.29, 0.717) is 18.3 Å². The van der Waals surface area contributed by atoms with Crippen LogP contribution in [0.1, 0.15) is 24.4 Å². The van der Waals surface area contributed by atoms with E-state index in [0.717, 1.165) is 41.3 Å². The van der Waals surface area contributed by atoms with E-state index < -0.39 is 0 Å². The minimum absolute atomic E-state index is 0.00986. The van der Waals surface area contributed by atoms with Gasteiger partial charge in [-0.1, -0.05) is 30.0 Å². The molecule has 0 radical (unpaired) electrons. The Labute approximate surface area is 178 Å². The smallest absolute Gasteiger partial charge is 0.230 e. The minimum Gasteiger partial charge on any atom is -0.361 e. The quantitative estimate of drug-likeness (QED) is 0.427. The normalized spacial score (nSPS) is 13.6. The molecule has 1 aliphatic carbocycles. The molecule has 30 heavy (non-hydrogen) atoms. The van der Waals surface area contributed by atoms with Crippen molar-refractivity contribution in [1.29, 1.82) is 0 Å². The standard InChI is InChI=1S/C22H22N6OS/c29-20(24-12-9-16-13-25-19-4-2-1-3-18(16)19)14-30-22-27-26-21(28(22)17-5-6-17)15-7-10-23-11-8-15/h1-4,7-8,10-11,13,17,25H,5-6,9,12,14H2,(H,24,29). The van der Waals surface area contributed by atoms with Crippen LogP contribution in [-0.4, -0.2) is 42.9 Å². The maximum Gasteiger partial charge on any atom is 0.230 e. The van der Waals surface area contributed by atoms with Crippen molar-refractivity contribution in [2.75, 3.05) is 12.3 Å². The fourth-order valence-corrected chi connectivity index (χ4v) is 4.43. The lowest BCUT2D eigenvalue weighted by Crippen LogP contribution is -2.27. The lowest BCUT2D eigenvalue weighted by atomic mass is 10.1. The van der Waals surface area contributed by atoms with Gasteiger partial charge in [0.15, 0.2) is 11.0 Å². The maximum absolute atomic E-state index is 12.4. The molecule has 0 atom stereocenters. The number of carbonyl (C=O) groups is 1. The number of thioether (sulfide) groups is 1. The first-order chi connectivity index (χ1) is 14.8. The second-order valence-corrected chi connectivity index (χ2v) is 8.33. The van der Waals surface area contributed by atoms with Gasteiger partial charge in [0.05, 0.1) is 5.75 Å². The number of hydrogen-bond donors (Lipinski definition) is 2. The summed E-state index contributed by atoms with van der Waals surface area (Å²) in [6.07, 6.45) is 8.58. The molecule has 152 valence electrons. The van der Waals surface area contributed by atoms with Crippen LogP contribution in [0.15, 0.2) is 60.1 Å². The van der Waals surface area contributed by atoms with E-state index in [2.05, 4.69) is 42.2 Å². The number of hydrogen-bond acceptors (Lipinski definition) is 5. The summed E-state index contributed by atoms with van der Waals surface area (Å²) < 4.78 is 2.17. The summed E-state index contributed by atoms with van der Waals surface area (Å²) in [7, 11) is 0. The van der Waals surface area contributed by atoms with Gasteiger partial charge in [-0.3, -0.25) is 14.3 Å². The number of aromatic amines is 1. The Morgan fingerprint density at radius 1 is 1.17 bits per heavy atom. The number of carbonyl (C=O) groups excluding carboxylic acids is 1. The molecule has 0 aliphatic heterocycles. The van der Waals surface area contributed by atoms with Gasteiger partial charge in [-0.25, -0.2) is 0 Å². The molecule has 1 aromatic carbocycles. The molecule has 0 saturated heterocycles. The molecule has 5 rings (SSSR count). The first-order valence-corrected chi connectivity index (χ1v) is 11.1. The fraction of sp³-hybridized carbons (Fsp3) is 0.273. The van der Waals surface area contributed by atoms with Crippen molar-refractivity contribution in [3.63, 3.8) is 0 Å². The van der Waals surface area contributed by atoms with Crippen molar-refractivity contribution >= 4 is 28.6 Å². The van der Waals surface area contributed by atoms with E-state index in [1.54, 1.807) is 12.4 Å². The highest BCUT2D eigenvalue weighted by atomic mass is 32.2. The SMILES string of the molecule is O=C(CSc1nnc(-c2ccncc2)n1C1CC1)NCCc1c[nH]c2ccccc12. The van der Waals surface area contributed by atoms with Crippen LogP contribution in [0, 0.1) is 0 Å². The number of rotatable bonds is 8. The van der Waals surface area contributed by atoms with Crippen LogP contribution in [0.5, 0.6) is 0 Å². The van der Waals surface area contributed by atoms with Crippen molar-refractivity contribution in [3.05, 3.63) is 60.6 Å². The molecular weight excluding hydrogens is 396 g/mol. The van der Waals surface area contributed by atoms with E-state index in [4.69, 9.17) is 0 Å².